The van der Waals surface area contributed by atoms with Crippen molar-refractivity contribution in [1.82, 2.24) is 20.4 Å². The smallest absolute Gasteiger partial charge is 0.248 e. The molecule has 5 nitrogen and oxygen atoms in total. The number of hydrogen-bond acceptors (Lipinski definition) is 3. The first-order chi connectivity index (χ1) is 12.3. The molecule has 0 radical (unpaired) electrons. The summed E-state index contributed by atoms with van der Waals surface area (Å²) in [5.41, 5.74) is 1.94. The molecule has 0 aliphatic carbocycles. The Morgan fingerprint density at radius 2 is 1.85 bits per heavy atom. The van der Waals surface area contributed by atoms with Crippen LogP contribution < -0.4 is 10.6 Å². The van der Waals surface area contributed by atoms with Crippen molar-refractivity contribution >= 4 is 18.3 Å². The third-order valence-electron chi connectivity index (χ3n) is 5.42. The number of halogens is 1. The Kier molecular flexibility index (Phi) is 6.71. The van der Waals surface area contributed by atoms with Crippen molar-refractivity contribution < 1.29 is 4.79 Å². The first-order valence-corrected chi connectivity index (χ1v) is 9.45. The summed E-state index contributed by atoms with van der Waals surface area (Å²) in [6.45, 7) is 10.3. The van der Waals surface area contributed by atoms with Gasteiger partial charge in [-0.1, -0.05) is 45.0 Å². The highest BCUT2D eigenvalue weighted by Gasteiger charge is 2.42. The van der Waals surface area contributed by atoms with Crippen LogP contribution in [0.4, 0.5) is 0 Å². The van der Waals surface area contributed by atoms with Crippen LogP contribution in [0.25, 0.3) is 0 Å². The predicted octanol–water partition coefficient (Wildman–Crippen LogP) is 3.56. The highest BCUT2D eigenvalue weighted by atomic mass is 35.5. The molecule has 6 heteroatoms. The van der Waals surface area contributed by atoms with Crippen molar-refractivity contribution in [3.63, 3.8) is 0 Å². The zero-order chi connectivity index (χ0) is 18.8. The molecule has 1 aliphatic rings. The minimum Gasteiger partial charge on any atom is -0.347 e. The highest BCUT2D eigenvalue weighted by molar-refractivity contribution is 5.85. The number of aromatic nitrogens is 2. The van der Waals surface area contributed by atoms with E-state index in [9.17, 15) is 4.79 Å². The third-order valence-corrected chi connectivity index (χ3v) is 5.42. The van der Waals surface area contributed by atoms with Gasteiger partial charge in [-0.3, -0.25) is 9.48 Å². The molecule has 1 saturated heterocycles. The lowest BCUT2D eigenvalue weighted by atomic mass is 9.85. The lowest BCUT2D eigenvalue weighted by molar-refractivity contribution is -0.132. The van der Waals surface area contributed by atoms with Crippen LogP contribution >= 0.6 is 12.4 Å². The fourth-order valence-corrected chi connectivity index (χ4v) is 3.61. The number of nitrogens with one attached hydrogen (secondary N) is 2. The summed E-state index contributed by atoms with van der Waals surface area (Å²) in [5, 5.41) is 10.9. The van der Waals surface area contributed by atoms with Crippen LogP contribution in [0.3, 0.4) is 0 Å². The van der Waals surface area contributed by atoms with E-state index in [1.807, 2.05) is 23.9 Å². The fourth-order valence-electron chi connectivity index (χ4n) is 3.61. The maximum absolute atomic E-state index is 13.2. The number of hydrogen-bond donors (Lipinski definition) is 2. The van der Waals surface area contributed by atoms with Gasteiger partial charge in [-0.2, -0.15) is 5.10 Å². The summed E-state index contributed by atoms with van der Waals surface area (Å²) >= 11 is 0. The summed E-state index contributed by atoms with van der Waals surface area (Å²) in [4.78, 5) is 13.2. The van der Waals surface area contributed by atoms with Crippen molar-refractivity contribution in [2.75, 3.05) is 13.1 Å². The Hall–Kier alpha value is -1.85. The van der Waals surface area contributed by atoms with Gasteiger partial charge in [0.1, 0.15) is 5.54 Å². The molecular weight excluding hydrogens is 360 g/mol. The van der Waals surface area contributed by atoms with Crippen LogP contribution in [0.1, 0.15) is 57.7 Å². The summed E-state index contributed by atoms with van der Waals surface area (Å²) in [6, 6.07) is 10.4. The molecule has 2 N–H and O–H groups in total. The second kappa shape index (κ2) is 8.44. The third kappa shape index (κ3) is 4.53. The van der Waals surface area contributed by atoms with E-state index < -0.39 is 5.54 Å². The number of carbonyl (C=O) groups is 1. The molecule has 1 unspecified atom stereocenters. The zero-order valence-electron chi connectivity index (χ0n) is 16.7. The van der Waals surface area contributed by atoms with Crippen LogP contribution in [0.5, 0.6) is 0 Å². The molecule has 27 heavy (non-hydrogen) atoms. The first kappa shape index (κ1) is 21.5. The number of rotatable bonds is 4. The number of piperidine rings is 1. The molecule has 2 heterocycles. The average Bonchev–Trinajstić information content (AvgIpc) is 3.17. The second-order valence-corrected chi connectivity index (χ2v) is 8.30. The molecule has 1 aromatic carbocycles. The predicted molar refractivity (Wildman–Crippen MR) is 111 cm³/mol. The highest BCUT2D eigenvalue weighted by Crippen LogP contribution is 2.29. The Morgan fingerprint density at radius 3 is 2.37 bits per heavy atom. The van der Waals surface area contributed by atoms with E-state index in [0.717, 1.165) is 31.5 Å². The Labute approximate surface area is 168 Å². The van der Waals surface area contributed by atoms with Crippen molar-refractivity contribution in [3.05, 3.63) is 53.9 Å². The maximum atomic E-state index is 13.2. The van der Waals surface area contributed by atoms with Gasteiger partial charge in [0, 0.05) is 12.4 Å². The van der Waals surface area contributed by atoms with Gasteiger partial charge in [-0.05, 0) is 55.5 Å². The van der Waals surface area contributed by atoms with Gasteiger partial charge >= 0.3 is 0 Å². The molecule has 1 aliphatic heterocycles. The molecule has 0 spiro atoms. The van der Waals surface area contributed by atoms with E-state index in [4.69, 9.17) is 0 Å². The van der Waals surface area contributed by atoms with Crippen LogP contribution in [-0.2, 0) is 15.7 Å². The summed E-state index contributed by atoms with van der Waals surface area (Å²) < 4.78 is 1.83. The molecule has 1 amide bonds. The van der Waals surface area contributed by atoms with Crippen molar-refractivity contribution in [2.45, 2.75) is 57.5 Å². The van der Waals surface area contributed by atoms with Crippen molar-refractivity contribution in [2.24, 2.45) is 0 Å². The Bertz CT molecular complexity index is 729. The number of nitrogens with zero attached hydrogens (tertiary/aromatic N) is 2. The molecular formula is C21H31ClN4O. The largest absolute Gasteiger partial charge is 0.347 e. The quantitative estimate of drug-likeness (QED) is 0.839. The van der Waals surface area contributed by atoms with E-state index in [0.29, 0.717) is 0 Å². The molecule has 3 rings (SSSR count). The molecule has 1 atom stereocenters. The van der Waals surface area contributed by atoms with Gasteiger partial charge in [0.05, 0.1) is 6.04 Å². The molecule has 148 valence electrons. The minimum atomic E-state index is -0.603. The van der Waals surface area contributed by atoms with Gasteiger partial charge in [0.2, 0.25) is 5.91 Å². The molecule has 0 bridgehead atoms. The molecule has 2 aromatic rings. The Balaban J connectivity index is 0.00000261. The normalized spacial score (nSPS) is 17.6. The van der Waals surface area contributed by atoms with Crippen molar-refractivity contribution in [3.8, 4) is 0 Å². The van der Waals surface area contributed by atoms with E-state index in [1.165, 1.54) is 5.56 Å². The lowest BCUT2D eigenvalue weighted by Crippen LogP contribution is -2.55. The van der Waals surface area contributed by atoms with Gasteiger partial charge in [0.25, 0.3) is 0 Å². The van der Waals surface area contributed by atoms with Crippen LogP contribution in [-0.4, -0.2) is 28.8 Å². The zero-order valence-corrected chi connectivity index (χ0v) is 17.5. The topological polar surface area (TPSA) is 59.0 Å². The van der Waals surface area contributed by atoms with Crippen LogP contribution in [0.15, 0.2) is 42.7 Å². The molecule has 0 saturated carbocycles. The minimum absolute atomic E-state index is 0. The Morgan fingerprint density at radius 1 is 1.22 bits per heavy atom. The fraction of sp³-hybridized carbons (Fsp3) is 0.524. The monoisotopic (exact) mass is 390 g/mol. The van der Waals surface area contributed by atoms with Crippen LogP contribution in [0.2, 0.25) is 0 Å². The number of benzene rings is 1. The first-order valence-electron chi connectivity index (χ1n) is 9.45. The number of amides is 1. The summed E-state index contributed by atoms with van der Waals surface area (Å²) in [5.74, 6) is 0.0510. The second-order valence-electron chi connectivity index (χ2n) is 8.30. The van der Waals surface area contributed by atoms with E-state index in [2.05, 4.69) is 60.8 Å². The standard InChI is InChI=1S/C21H30N4O.ClH/c1-16(17-6-8-18(9-7-17)20(2,3)4)24-19(26)21(10-13-22-14-11-21)25-15-5-12-23-25;/h5-9,12,15-16,22H,10-11,13-14H2,1-4H3,(H,24,26);1H. The SMILES string of the molecule is CC(NC(=O)C1(n2cccn2)CCNCC1)c1ccc(C(C)(C)C)cc1.Cl. The van der Waals surface area contributed by atoms with E-state index in [1.54, 1.807) is 6.20 Å². The van der Waals surface area contributed by atoms with Gasteiger partial charge < -0.3 is 10.6 Å². The van der Waals surface area contributed by atoms with E-state index in [-0.39, 0.29) is 29.8 Å². The van der Waals surface area contributed by atoms with Gasteiger partial charge in [-0.25, -0.2) is 0 Å². The summed E-state index contributed by atoms with van der Waals surface area (Å²) in [7, 11) is 0. The van der Waals surface area contributed by atoms with Crippen molar-refractivity contribution in [1.29, 1.82) is 0 Å². The van der Waals surface area contributed by atoms with Gasteiger partial charge in [0.15, 0.2) is 0 Å². The number of carbonyl (C=O) groups excluding carboxylic acids is 1. The average molecular weight is 391 g/mol. The maximum Gasteiger partial charge on any atom is 0.248 e. The van der Waals surface area contributed by atoms with Crippen LogP contribution in [0, 0.1) is 0 Å². The van der Waals surface area contributed by atoms with Gasteiger partial charge in [-0.15, -0.1) is 12.4 Å². The molecule has 1 fully saturated rings. The summed E-state index contributed by atoms with van der Waals surface area (Å²) in [6.07, 6.45) is 5.13. The lowest BCUT2D eigenvalue weighted by Gasteiger charge is -2.37. The van der Waals surface area contributed by atoms with E-state index >= 15 is 0 Å². The molecule has 1 aromatic heterocycles.